The number of nitrogens with one attached hydrogen (secondary N) is 1. The molecule has 1 aromatic carbocycles. The summed E-state index contributed by atoms with van der Waals surface area (Å²) < 4.78 is 0. The normalized spacial score (nSPS) is 25.9. The number of hydrogen-bond acceptors (Lipinski definition) is 2. The van der Waals surface area contributed by atoms with Crippen LogP contribution in [-0.4, -0.2) is 13.2 Å². The molecule has 0 aromatic heterocycles. The molecule has 1 aliphatic carbocycles. The largest absolute Gasteiger partial charge is 0.305 e. The van der Waals surface area contributed by atoms with Gasteiger partial charge in [-0.1, -0.05) is 29.8 Å². The van der Waals surface area contributed by atoms with E-state index in [2.05, 4.69) is 36.7 Å². The van der Waals surface area contributed by atoms with Crippen LogP contribution in [-0.2, 0) is 4.84 Å². The fourth-order valence-corrected chi connectivity index (χ4v) is 2.08. The Bertz CT molecular complexity index is 305. The highest BCUT2D eigenvalue weighted by Gasteiger charge is 2.29. The highest BCUT2D eigenvalue weighted by atomic mass is 16.6. The quantitative estimate of drug-likeness (QED) is 0.741. The summed E-state index contributed by atoms with van der Waals surface area (Å²) in [6.45, 7) is 2.15. The van der Waals surface area contributed by atoms with E-state index >= 15 is 0 Å². The van der Waals surface area contributed by atoms with Crippen molar-refractivity contribution in [3.05, 3.63) is 35.4 Å². The Morgan fingerprint density at radius 3 is 2.79 bits per heavy atom. The molecule has 0 unspecified atom stereocenters. The Hall–Kier alpha value is -0.860. The van der Waals surface area contributed by atoms with Crippen molar-refractivity contribution in [2.75, 3.05) is 7.11 Å². The van der Waals surface area contributed by atoms with Crippen LogP contribution in [0.4, 0.5) is 0 Å². The van der Waals surface area contributed by atoms with Gasteiger partial charge in [0.25, 0.3) is 0 Å². The predicted octanol–water partition coefficient (Wildman–Crippen LogP) is 2.39. The van der Waals surface area contributed by atoms with E-state index < -0.39 is 0 Å². The van der Waals surface area contributed by atoms with Gasteiger partial charge in [-0.3, -0.25) is 0 Å². The highest BCUT2D eigenvalue weighted by Crippen LogP contribution is 2.36. The maximum absolute atomic E-state index is 4.90. The first kappa shape index (κ1) is 9.69. The second-order valence-corrected chi connectivity index (χ2v) is 4.10. The fourth-order valence-electron chi connectivity index (χ4n) is 2.08. The Labute approximate surface area is 85.2 Å². The van der Waals surface area contributed by atoms with Crippen LogP contribution in [0, 0.1) is 6.92 Å². The molecule has 0 aliphatic heterocycles. The molecule has 0 heterocycles. The monoisotopic (exact) mass is 191 g/mol. The third-order valence-corrected chi connectivity index (χ3v) is 2.94. The topological polar surface area (TPSA) is 21.3 Å². The molecule has 0 amide bonds. The Morgan fingerprint density at radius 1 is 1.36 bits per heavy atom. The number of hydrogen-bond donors (Lipinski definition) is 1. The standard InChI is InChI=1S/C12H17NO/c1-9-4-3-5-10(6-9)11-7-12(8-11)13-14-2/h3-6,11-13H,7-8H2,1-2H3. The lowest BCUT2D eigenvalue weighted by atomic mass is 9.76. The lowest BCUT2D eigenvalue weighted by Gasteiger charge is -2.35. The molecule has 0 bridgehead atoms. The molecule has 1 fully saturated rings. The van der Waals surface area contributed by atoms with Crippen molar-refractivity contribution in [1.82, 2.24) is 5.48 Å². The van der Waals surface area contributed by atoms with Crippen molar-refractivity contribution in [2.45, 2.75) is 31.7 Å². The molecule has 0 spiro atoms. The summed E-state index contributed by atoms with van der Waals surface area (Å²) in [6, 6.07) is 9.34. The van der Waals surface area contributed by atoms with Crippen molar-refractivity contribution < 1.29 is 4.84 Å². The van der Waals surface area contributed by atoms with Crippen LogP contribution < -0.4 is 5.48 Å². The van der Waals surface area contributed by atoms with Gasteiger partial charge in [0.15, 0.2) is 0 Å². The van der Waals surface area contributed by atoms with Crippen LogP contribution in [0.25, 0.3) is 0 Å². The molecule has 2 rings (SSSR count). The van der Waals surface area contributed by atoms with Crippen LogP contribution in [0.1, 0.15) is 29.9 Å². The summed E-state index contributed by atoms with van der Waals surface area (Å²) in [5, 5.41) is 0. The minimum Gasteiger partial charge on any atom is -0.305 e. The summed E-state index contributed by atoms with van der Waals surface area (Å²) in [4.78, 5) is 4.90. The predicted molar refractivity (Wildman–Crippen MR) is 57.1 cm³/mol. The van der Waals surface area contributed by atoms with Crippen LogP contribution >= 0.6 is 0 Å². The first-order valence-corrected chi connectivity index (χ1v) is 5.14. The second kappa shape index (κ2) is 4.11. The van der Waals surface area contributed by atoms with Crippen molar-refractivity contribution in [2.24, 2.45) is 0 Å². The SMILES string of the molecule is CONC1CC(c2cccc(C)c2)C1. The van der Waals surface area contributed by atoms with Crippen molar-refractivity contribution in [3.63, 3.8) is 0 Å². The van der Waals surface area contributed by atoms with Crippen molar-refractivity contribution in [1.29, 1.82) is 0 Å². The Balaban J connectivity index is 1.93. The molecule has 14 heavy (non-hydrogen) atoms. The molecule has 2 heteroatoms. The third kappa shape index (κ3) is 1.97. The maximum atomic E-state index is 4.90. The summed E-state index contributed by atoms with van der Waals surface area (Å²) in [5.74, 6) is 0.725. The van der Waals surface area contributed by atoms with E-state index in [4.69, 9.17) is 4.84 Å². The van der Waals surface area contributed by atoms with Crippen molar-refractivity contribution in [3.8, 4) is 0 Å². The van der Waals surface area contributed by atoms with E-state index in [1.807, 2.05) is 0 Å². The molecule has 0 atom stereocenters. The van der Waals surface area contributed by atoms with Gasteiger partial charge in [0.2, 0.25) is 0 Å². The van der Waals surface area contributed by atoms with Crippen LogP contribution in [0.2, 0.25) is 0 Å². The van der Waals surface area contributed by atoms with Gasteiger partial charge in [0, 0.05) is 6.04 Å². The molecule has 1 aromatic rings. The maximum Gasteiger partial charge on any atom is 0.0572 e. The van der Waals surface area contributed by atoms with Gasteiger partial charge in [-0.25, -0.2) is 0 Å². The van der Waals surface area contributed by atoms with Gasteiger partial charge in [-0.15, -0.1) is 0 Å². The molecule has 2 nitrogen and oxygen atoms in total. The molecule has 1 saturated carbocycles. The minimum atomic E-state index is 0.547. The zero-order valence-electron chi connectivity index (χ0n) is 8.79. The Kier molecular flexibility index (Phi) is 2.85. The second-order valence-electron chi connectivity index (χ2n) is 4.10. The van der Waals surface area contributed by atoms with E-state index in [0.29, 0.717) is 6.04 Å². The number of benzene rings is 1. The summed E-state index contributed by atoms with van der Waals surface area (Å²) >= 11 is 0. The van der Waals surface area contributed by atoms with E-state index in [9.17, 15) is 0 Å². The van der Waals surface area contributed by atoms with Gasteiger partial charge >= 0.3 is 0 Å². The summed E-state index contributed by atoms with van der Waals surface area (Å²) in [7, 11) is 1.68. The number of rotatable bonds is 3. The lowest BCUT2D eigenvalue weighted by Crippen LogP contribution is -2.39. The molecule has 1 N–H and O–H groups in total. The molecule has 1 aliphatic rings. The Morgan fingerprint density at radius 2 is 2.14 bits per heavy atom. The first-order chi connectivity index (χ1) is 6.79. The number of hydroxylamine groups is 1. The zero-order chi connectivity index (χ0) is 9.97. The van der Waals surface area contributed by atoms with Crippen LogP contribution in [0.3, 0.4) is 0 Å². The number of aryl methyl sites for hydroxylation is 1. The molecular formula is C12H17NO. The fraction of sp³-hybridized carbons (Fsp3) is 0.500. The molecule has 76 valence electrons. The van der Waals surface area contributed by atoms with Gasteiger partial charge in [-0.2, -0.15) is 5.48 Å². The van der Waals surface area contributed by atoms with Crippen molar-refractivity contribution >= 4 is 0 Å². The minimum absolute atomic E-state index is 0.547. The highest BCUT2D eigenvalue weighted by molar-refractivity contribution is 5.27. The van der Waals surface area contributed by atoms with E-state index in [0.717, 1.165) is 5.92 Å². The molecule has 0 saturated heterocycles. The zero-order valence-corrected chi connectivity index (χ0v) is 8.79. The average Bonchev–Trinajstić information content (AvgIpc) is 2.10. The third-order valence-electron chi connectivity index (χ3n) is 2.94. The van der Waals surface area contributed by atoms with Crippen LogP contribution in [0.5, 0.6) is 0 Å². The van der Waals surface area contributed by atoms with Gasteiger partial charge < -0.3 is 4.84 Å². The van der Waals surface area contributed by atoms with E-state index in [-0.39, 0.29) is 0 Å². The average molecular weight is 191 g/mol. The molecular weight excluding hydrogens is 174 g/mol. The van der Waals surface area contributed by atoms with E-state index in [1.165, 1.54) is 24.0 Å². The van der Waals surface area contributed by atoms with Gasteiger partial charge in [0.1, 0.15) is 0 Å². The smallest absolute Gasteiger partial charge is 0.0572 e. The summed E-state index contributed by atoms with van der Waals surface area (Å²) in [6.07, 6.45) is 2.38. The molecule has 0 radical (unpaired) electrons. The first-order valence-electron chi connectivity index (χ1n) is 5.14. The van der Waals surface area contributed by atoms with Crippen LogP contribution in [0.15, 0.2) is 24.3 Å². The van der Waals surface area contributed by atoms with E-state index in [1.54, 1.807) is 7.11 Å². The van der Waals surface area contributed by atoms with Gasteiger partial charge in [0.05, 0.1) is 7.11 Å². The summed E-state index contributed by atoms with van der Waals surface area (Å²) in [5.41, 5.74) is 5.82. The lowest BCUT2D eigenvalue weighted by molar-refractivity contribution is 0.0285. The van der Waals surface area contributed by atoms with Gasteiger partial charge in [-0.05, 0) is 31.2 Å².